The van der Waals surface area contributed by atoms with Gasteiger partial charge >= 0.3 is 0 Å². The van der Waals surface area contributed by atoms with E-state index in [0.29, 0.717) is 42.5 Å². The Morgan fingerprint density at radius 2 is 1.94 bits per heavy atom. The monoisotopic (exact) mass is 501 g/mol. The van der Waals surface area contributed by atoms with Crippen molar-refractivity contribution in [2.75, 3.05) is 7.11 Å². The van der Waals surface area contributed by atoms with Crippen LogP contribution in [0.2, 0.25) is 0 Å². The molecule has 2 aromatic carbocycles. The SMILES string of the molecule is COc1ccc2ncc(=O)n(CC(NS(=O)(=O)c3ccccc3[N+](=O)[O-])C3CCC(N)CC3)c2c1. The van der Waals surface area contributed by atoms with Crippen molar-refractivity contribution in [3.63, 3.8) is 0 Å². The first-order valence-electron chi connectivity index (χ1n) is 11.2. The van der Waals surface area contributed by atoms with Crippen LogP contribution in [0, 0.1) is 16.0 Å². The average molecular weight is 502 g/mol. The van der Waals surface area contributed by atoms with Crippen molar-refractivity contribution in [3.05, 3.63) is 69.1 Å². The summed E-state index contributed by atoms with van der Waals surface area (Å²) in [6.45, 7) is 0.0186. The van der Waals surface area contributed by atoms with Crippen molar-refractivity contribution in [3.8, 4) is 5.75 Å². The van der Waals surface area contributed by atoms with Gasteiger partial charge in [0.25, 0.3) is 11.2 Å². The first-order chi connectivity index (χ1) is 16.7. The van der Waals surface area contributed by atoms with Gasteiger partial charge in [-0.05, 0) is 49.8 Å². The van der Waals surface area contributed by atoms with Gasteiger partial charge in [-0.15, -0.1) is 0 Å². The Morgan fingerprint density at radius 1 is 1.23 bits per heavy atom. The summed E-state index contributed by atoms with van der Waals surface area (Å²) in [6, 6.07) is 9.64. The molecule has 11 nitrogen and oxygen atoms in total. The molecule has 0 saturated heterocycles. The molecule has 1 aliphatic carbocycles. The van der Waals surface area contributed by atoms with Crippen LogP contribution in [0.4, 0.5) is 5.69 Å². The number of nitro benzene ring substituents is 1. The summed E-state index contributed by atoms with van der Waals surface area (Å²) in [5.74, 6) is 0.410. The second-order valence-corrected chi connectivity index (χ2v) is 10.4. The number of methoxy groups -OCH3 is 1. The number of benzene rings is 2. The van der Waals surface area contributed by atoms with E-state index in [9.17, 15) is 23.3 Å². The van der Waals surface area contributed by atoms with Gasteiger partial charge in [0.05, 0.1) is 29.3 Å². The van der Waals surface area contributed by atoms with E-state index >= 15 is 0 Å². The van der Waals surface area contributed by atoms with Crippen LogP contribution in [0.25, 0.3) is 11.0 Å². The number of hydrogen-bond acceptors (Lipinski definition) is 8. The van der Waals surface area contributed by atoms with E-state index in [1.165, 1.54) is 36.1 Å². The zero-order valence-electron chi connectivity index (χ0n) is 19.2. The normalized spacial score (nSPS) is 19.4. The van der Waals surface area contributed by atoms with E-state index in [4.69, 9.17) is 10.5 Å². The first-order valence-corrected chi connectivity index (χ1v) is 12.7. The predicted octanol–water partition coefficient (Wildman–Crippen LogP) is 2.18. The van der Waals surface area contributed by atoms with Gasteiger partial charge in [-0.3, -0.25) is 14.9 Å². The Kier molecular flexibility index (Phi) is 7.15. The molecule has 1 aliphatic rings. The molecule has 0 aliphatic heterocycles. The van der Waals surface area contributed by atoms with Crippen LogP contribution >= 0.6 is 0 Å². The highest BCUT2D eigenvalue weighted by Gasteiger charge is 2.33. The summed E-state index contributed by atoms with van der Waals surface area (Å²) in [6.07, 6.45) is 3.94. The molecule has 3 aromatic rings. The highest BCUT2D eigenvalue weighted by atomic mass is 32.2. The molecule has 1 heterocycles. The molecule has 1 unspecified atom stereocenters. The van der Waals surface area contributed by atoms with Crippen LogP contribution in [0.1, 0.15) is 25.7 Å². The van der Waals surface area contributed by atoms with Crippen molar-refractivity contribution < 1.29 is 18.1 Å². The van der Waals surface area contributed by atoms with Gasteiger partial charge < -0.3 is 15.0 Å². The number of sulfonamides is 1. The molecular weight excluding hydrogens is 474 g/mol. The lowest BCUT2D eigenvalue weighted by atomic mass is 9.82. The number of hydrogen-bond donors (Lipinski definition) is 2. The number of ether oxygens (including phenoxy) is 1. The Labute approximate surface area is 202 Å². The predicted molar refractivity (Wildman–Crippen MR) is 130 cm³/mol. The highest BCUT2D eigenvalue weighted by molar-refractivity contribution is 7.89. The summed E-state index contributed by atoms with van der Waals surface area (Å²) in [5.41, 5.74) is 6.20. The van der Waals surface area contributed by atoms with Gasteiger partial charge in [-0.25, -0.2) is 18.1 Å². The lowest BCUT2D eigenvalue weighted by Gasteiger charge is -2.33. The van der Waals surface area contributed by atoms with Gasteiger partial charge in [-0.1, -0.05) is 12.1 Å². The molecule has 186 valence electrons. The minimum absolute atomic E-state index is 0.0186. The highest BCUT2D eigenvalue weighted by Crippen LogP contribution is 2.30. The summed E-state index contributed by atoms with van der Waals surface area (Å²) in [7, 11) is -2.77. The fourth-order valence-corrected chi connectivity index (χ4v) is 6.05. The van der Waals surface area contributed by atoms with E-state index in [1.54, 1.807) is 18.2 Å². The van der Waals surface area contributed by atoms with Crippen molar-refractivity contribution in [2.24, 2.45) is 11.7 Å². The third-order valence-corrected chi connectivity index (χ3v) is 8.01. The topological polar surface area (TPSA) is 159 Å². The molecule has 0 spiro atoms. The molecule has 1 aromatic heterocycles. The van der Waals surface area contributed by atoms with Gasteiger partial charge in [-0.2, -0.15) is 0 Å². The number of nitrogens with zero attached hydrogens (tertiary/aromatic N) is 3. The molecule has 3 N–H and O–H groups in total. The van der Waals surface area contributed by atoms with Crippen LogP contribution < -0.4 is 20.8 Å². The zero-order chi connectivity index (χ0) is 25.2. The standard InChI is InChI=1S/C23H27N5O6S/c1-34-17-10-11-18-21(12-17)27(23(29)13-25-18)14-19(15-6-8-16(24)9-7-15)26-35(32,33)22-5-3-2-4-20(22)28(30)31/h2-5,10-13,15-16,19,26H,6-9,14,24H2,1H3. The van der Waals surface area contributed by atoms with Crippen LogP contribution in [0.3, 0.4) is 0 Å². The van der Waals surface area contributed by atoms with E-state index in [0.717, 1.165) is 6.07 Å². The zero-order valence-corrected chi connectivity index (χ0v) is 20.0. The van der Waals surface area contributed by atoms with Crippen molar-refractivity contribution in [1.29, 1.82) is 0 Å². The number of para-hydroxylation sites is 1. The van der Waals surface area contributed by atoms with Crippen LogP contribution in [0.15, 0.2) is 58.4 Å². The molecule has 4 rings (SSSR count). The van der Waals surface area contributed by atoms with Crippen LogP contribution in [-0.4, -0.2) is 42.1 Å². The minimum atomic E-state index is -4.28. The Bertz CT molecular complexity index is 1400. The summed E-state index contributed by atoms with van der Waals surface area (Å²) < 4.78 is 36.1. The van der Waals surface area contributed by atoms with Crippen LogP contribution in [-0.2, 0) is 16.6 Å². The average Bonchev–Trinajstić information content (AvgIpc) is 2.85. The van der Waals surface area contributed by atoms with Gasteiger partial charge in [0.2, 0.25) is 10.0 Å². The first kappa shape index (κ1) is 24.8. The number of rotatable bonds is 8. The van der Waals surface area contributed by atoms with E-state index < -0.39 is 37.1 Å². The van der Waals surface area contributed by atoms with Crippen LogP contribution in [0.5, 0.6) is 5.75 Å². The number of nitrogens with two attached hydrogens (primary N) is 1. The van der Waals surface area contributed by atoms with Gasteiger partial charge in [0.15, 0.2) is 4.90 Å². The van der Waals surface area contributed by atoms with E-state index in [1.807, 2.05) is 0 Å². The van der Waals surface area contributed by atoms with Crippen molar-refractivity contribution >= 4 is 26.7 Å². The third-order valence-electron chi connectivity index (χ3n) is 6.48. The largest absolute Gasteiger partial charge is 0.497 e. The second-order valence-electron chi connectivity index (χ2n) is 8.69. The lowest BCUT2D eigenvalue weighted by Crippen LogP contribution is -2.46. The number of aromatic nitrogens is 2. The minimum Gasteiger partial charge on any atom is -0.497 e. The molecule has 0 amide bonds. The maximum Gasteiger partial charge on any atom is 0.289 e. The number of nitro groups is 1. The Balaban J connectivity index is 1.76. The molecule has 1 atom stereocenters. The molecule has 1 saturated carbocycles. The maximum absolute atomic E-state index is 13.4. The number of nitrogens with one attached hydrogen (secondary N) is 1. The van der Waals surface area contributed by atoms with E-state index in [-0.39, 0.29) is 18.5 Å². The summed E-state index contributed by atoms with van der Waals surface area (Å²) in [5, 5.41) is 11.5. The fourth-order valence-electron chi connectivity index (χ4n) is 4.58. The van der Waals surface area contributed by atoms with Crippen molar-refractivity contribution in [2.45, 2.75) is 49.2 Å². The smallest absolute Gasteiger partial charge is 0.289 e. The Morgan fingerprint density at radius 3 is 2.63 bits per heavy atom. The molecule has 12 heteroatoms. The third kappa shape index (κ3) is 5.34. The molecule has 0 bridgehead atoms. The maximum atomic E-state index is 13.4. The summed E-state index contributed by atoms with van der Waals surface area (Å²) in [4.78, 5) is 27.4. The number of fused-ring (bicyclic) bond motifs is 1. The second kappa shape index (κ2) is 10.1. The van der Waals surface area contributed by atoms with Gasteiger partial charge in [0.1, 0.15) is 5.75 Å². The Hall–Kier alpha value is -3.35. The summed E-state index contributed by atoms with van der Waals surface area (Å²) >= 11 is 0. The molecule has 35 heavy (non-hydrogen) atoms. The molecule has 1 fully saturated rings. The molecular formula is C23H27N5O6S. The lowest BCUT2D eigenvalue weighted by molar-refractivity contribution is -0.387. The fraction of sp³-hybridized carbons (Fsp3) is 0.391. The molecule has 0 radical (unpaired) electrons. The quantitative estimate of drug-likeness (QED) is 0.351. The van der Waals surface area contributed by atoms with Crippen molar-refractivity contribution in [1.82, 2.24) is 14.3 Å². The van der Waals surface area contributed by atoms with Gasteiger partial charge in [0, 0.05) is 30.8 Å². The van der Waals surface area contributed by atoms with E-state index in [2.05, 4.69) is 9.71 Å².